The lowest BCUT2D eigenvalue weighted by Crippen LogP contribution is -2.05. The molecule has 0 unspecified atom stereocenters. The van der Waals surface area contributed by atoms with Gasteiger partial charge in [0, 0.05) is 0 Å². The molecule has 1 aromatic rings. The minimum Gasteiger partial charge on any atom is -0.478 e. The molecule has 0 atom stereocenters. The number of aromatic carboxylic acids is 1. The maximum Gasteiger partial charge on any atom is 0.339 e. The number of rotatable bonds is 2. The number of carboxylic acid groups (broad SMARTS) is 1. The molecule has 15 heavy (non-hydrogen) atoms. The molecule has 4 nitrogen and oxygen atoms in total. The summed E-state index contributed by atoms with van der Waals surface area (Å²) < 4.78 is 24.2. The highest BCUT2D eigenvalue weighted by molar-refractivity contribution is 9.10. The highest BCUT2D eigenvalue weighted by Gasteiger charge is 2.20. The Morgan fingerprint density at radius 3 is 2.67 bits per heavy atom. The Hall–Kier alpha value is -1.55. The largest absolute Gasteiger partial charge is 0.478 e. The zero-order valence-corrected chi connectivity index (χ0v) is 8.62. The minimum atomic E-state index is -2.85. The maximum absolute atomic E-state index is 12.3. The molecule has 78 valence electrons. The molecular formula is C8H3BrF2N2O2. The third kappa shape index (κ3) is 2.27. The average Bonchev–Trinajstić information content (AvgIpc) is 2.15. The van der Waals surface area contributed by atoms with Crippen LogP contribution in [0.4, 0.5) is 8.78 Å². The highest BCUT2D eigenvalue weighted by Crippen LogP contribution is 2.24. The van der Waals surface area contributed by atoms with E-state index in [1.165, 1.54) is 6.07 Å². The van der Waals surface area contributed by atoms with Crippen LogP contribution in [0, 0.1) is 11.3 Å². The molecule has 0 aromatic carbocycles. The van der Waals surface area contributed by atoms with Gasteiger partial charge in [-0.05, 0) is 22.0 Å². The number of alkyl halides is 2. The summed E-state index contributed by atoms with van der Waals surface area (Å²) in [6, 6.07) is 2.29. The molecule has 0 spiro atoms. The van der Waals surface area contributed by atoms with Crippen molar-refractivity contribution in [2.45, 2.75) is 6.43 Å². The fraction of sp³-hybridized carbons (Fsp3) is 0.125. The minimum absolute atomic E-state index is 0.274. The Labute approximate surface area is 91.3 Å². The van der Waals surface area contributed by atoms with Crippen molar-refractivity contribution in [3.05, 3.63) is 27.5 Å². The van der Waals surface area contributed by atoms with E-state index in [4.69, 9.17) is 10.4 Å². The second-order valence-corrected chi connectivity index (χ2v) is 3.23. The van der Waals surface area contributed by atoms with E-state index in [9.17, 15) is 13.6 Å². The first-order valence-corrected chi connectivity index (χ1v) is 4.38. The summed E-state index contributed by atoms with van der Waals surface area (Å²) in [6.45, 7) is 0. The number of hydrogen-bond acceptors (Lipinski definition) is 3. The van der Waals surface area contributed by atoms with Gasteiger partial charge in [0.25, 0.3) is 6.43 Å². The second-order valence-electron chi connectivity index (χ2n) is 2.48. The molecule has 0 saturated carbocycles. The molecule has 7 heteroatoms. The number of pyridine rings is 1. The molecule has 0 fully saturated rings. The van der Waals surface area contributed by atoms with Gasteiger partial charge in [0.2, 0.25) is 0 Å². The van der Waals surface area contributed by atoms with E-state index in [0.29, 0.717) is 0 Å². The van der Waals surface area contributed by atoms with E-state index >= 15 is 0 Å². The molecule has 0 bridgehead atoms. The van der Waals surface area contributed by atoms with E-state index in [1.54, 1.807) is 0 Å². The first-order valence-electron chi connectivity index (χ1n) is 3.59. The monoisotopic (exact) mass is 276 g/mol. The van der Waals surface area contributed by atoms with Crippen LogP contribution in [0.25, 0.3) is 0 Å². The van der Waals surface area contributed by atoms with Crippen molar-refractivity contribution in [1.29, 1.82) is 5.26 Å². The van der Waals surface area contributed by atoms with E-state index < -0.39 is 23.7 Å². The third-order valence-electron chi connectivity index (χ3n) is 1.55. The lowest BCUT2D eigenvalue weighted by atomic mass is 10.1. The number of aromatic nitrogens is 1. The highest BCUT2D eigenvalue weighted by atomic mass is 79.9. The fourth-order valence-electron chi connectivity index (χ4n) is 0.936. The van der Waals surface area contributed by atoms with Gasteiger partial charge in [-0.25, -0.2) is 18.6 Å². The number of nitrogens with zero attached hydrogens (tertiary/aromatic N) is 2. The molecule has 1 rings (SSSR count). The number of carbonyl (C=O) groups is 1. The van der Waals surface area contributed by atoms with Crippen LogP contribution in [-0.4, -0.2) is 16.1 Å². The zero-order valence-electron chi connectivity index (χ0n) is 7.04. The lowest BCUT2D eigenvalue weighted by molar-refractivity contribution is 0.0694. The number of halogens is 3. The Morgan fingerprint density at radius 2 is 2.27 bits per heavy atom. The van der Waals surface area contributed by atoms with Crippen molar-refractivity contribution in [2.75, 3.05) is 0 Å². The summed E-state index contributed by atoms with van der Waals surface area (Å²) in [6.07, 6.45) is -2.85. The van der Waals surface area contributed by atoms with E-state index in [0.717, 1.165) is 6.07 Å². The Balaban J connectivity index is 3.46. The first-order chi connectivity index (χ1) is 6.97. The summed E-state index contributed by atoms with van der Waals surface area (Å²) in [4.78, 5) is 14.0. The van der Waals surface area contributed by atoms with Crippen LogP contribution in [0.2, 0.25) is 0 Å². The molecule has 0 radical (unpaired) electrons. The Bertz CT molecular complexity index is 457. The third-order valence-corrected chi connectivity index (χ3v) is 2.13. The van der Waals surface area contributed by atoms with E-state index in [-0.39, 0.29) is 10.2 Å². The smallest absolute Gasteiger partial charge is 0.339 e. The molecule has 0 aliphatic rings. The standard InChI is InChI=1S/C8H3BrF2N2O2/c9-6-5(8(14)15)3(2-12)1-4(13-6)7(10)11/h1,7H,(H,14,15). The van der Waals surface area contributed by atoms with Gasteiger partial charge < -0.3 is 5.11 Å². The molecule has 1 heterocycles. The number of nitriles is 1. The molecule has 0 aliphatic heterocycles. The van der Waals surface area contributed by atoms with Crippen molar-refractivity contribution < 1.29 is 18.7 Å². The predicted octanol–water partition coefficient (Wildman–Crippen LogP) is 2.35. The van der Waals surface area contributed by atoms with Gasteiger partial charge in [-0.2, -0.15) is 5.26 Å². The van der Waals surface area contributed by atoms with Crippen molar-refractivity contribution in [3.8, 4) is 6.07 Å². The zero-order chi connectivity index (χ0) is 11.6. The van der Waals surface area contributed by atoms with Crippen LogP contribution in [0.1, 0.15) is 28.0 Å². The molecule has 1 aromatic heterocycles. The van der Waals surface area contributed by atoms with Crippen LogP contribution in [0.15, 0.2) is 10.7 Å². The van der Waals surface area contributed by atoms with Crippen molar-refractivity contribution in [3.63, 3.8) is 0 Å². The molecule has 0 amide bonds. The van der Waals surface area contributed by atoms with Crippen LogP contribution in [0.3, 0.4) is 0 Å². The summed E-state index contributed by atoms with van der Waals surface area (Å²) in [5, 5.41) is 17.3. The Kier molecular flexibility index (Phi) is 3.31. The topological polar surface area (TPSA) is 74.0 Å². The van der Waals surface area contributed by atoms with Crippen molar-refractivity contribution in [1.82, 2.24) is 4.98 Å². The number of hydrogen-bond donors (Lipinski definition) is 1. The summed E-state index contributed by atoms with van der Waals surface area (Å²) in [5.41, 5.74) is -1.40. The number of carboxylic acids is 1. The van der Waals surface area contributed by atoms with Gasteiger partial charge in [-0.1, -0.05) is 0 Å². The van der Waals surface area contributed by atoms with Gasteiger partial charge in [-0.15, -0.1) is 0 Å². The molecule has 0 aliphatic carbocycles. The van der Waals surface area contributed by atoms with Crippen LogP contribution < -0.4 is 0 Å². The SMILES string of the molecule is N#Cc1cc(C(F)F)nc(Br)c1C(=O)O. The molecule has 0 saturated heterocycles. The maximum atomic E-state index is 12.3. The van der Waals surface area contributed by atoms with Crippen molar-refractivity contribution in [2.24, 2.45) is 0 Å². The van der Waals surface area contributed by atoms with E-state index in [2.05, 4.69) is 20.9 Å². The predicted molar refractivity (Wildman–Crippen MR) is 48.6 cm³/mol. The van der Waals surface area contributed by atoms with Gasteiger partial charge >= 0.3 is 5.97 Å². The molecule has 1 N–H and O–H groups in total. The lowest BCUT2D eigenvalue weighted by Gasteiger charge is -2.04. The quantitative estimate of drug-likeness (QED) is 0.842. The fourth-order valence-corrected chi connectivity index (χ4v) is 1.52. The molecular weight excluding hydrogens is 274 g/mol. The van der Waals surface area contributed by atoms with Crippen molar-refractivity contribution >= 4 is 21.9 Å². The van der Waals surface area contributed by atoms with Crippen LogP contribution in [0.5, 0.6) is 0 Å². The summed E-state index contributed by atoms with van der Waals surface area (Å²) >= 11 is 2.73. The average molecular weight is 277 g/mol. The second kappa shape index (κ2) is 4.31. The van der Waals surface area contributed by atoms with Gasteiger partial charge in [0.05, 0.1) is 5.56 Å². The van der Waals surface area contributed by atoms with Gasteiger partial charge in [0.1, 0.15) is 21.9 Å². The summed E-state index contributed by atoms with van der Waals surface area (Å²) in [7, 11) is 0. The van der Waals surface area contributed by atoms with Gasteiger partial charge in [-0.3, -0.25) is 0 Å². The van der Waals surface area contributed by atoms with Crippen LogP contribution in [-0.2, 0) is 0 Å². The van der Waals surface area contributed by atoms with Crippen LogP contribution >= 0.6 is 15.9 Å². The first kappa shape index (κ1) is 11.5. The normalized spacial score (nSPS) is 10.1. The Morgan fingerprint density at radius 1 is 1.67 bits per heavy atom. The van der Waals surface area contributed by atoms with Gasteiger partial charge in [0.15, 0.2) is 0 Å². The van der Waals surface area contributed by atoms with E-state index in [1.807, 2.05) is 0 Å². The summed E-state index contributed by atoms with van der Waals surface area (Å²) in [5.74, 6) is -1.40.